The molecule has 1 heterocycles. The Hall–Kier alpha value is -2.95. The number of benzene rings is 2. The van der Waals surface area contributed by atoms with Crippen molar-refractivity contribution in [3.8, 4) is 0 Å². The molecular formula is C29H30F7NO2. The molecule has 0 aromatic heterocycles. The maximum Gasteiger partial charge on any atom is 0.416 e. The van der Waals surface area contributed by atoms with Crippen molar-refractivity contribution in [3.63, 3.8) is 0 Å². The molecule has 3 rings (SSSR count). The van der Waals surface area contributed by atoms with E-state index in [0.29, 0.717) is 30.8 Å². The summed E-state index contributed by atoms with van der Waals surface area (Å²) in [5, 5.41) is 0. The van der Waals surface area contributed by atoms with E-state index in [2.05, 4.69) is 0 Å². The summed E-state index contributed by atoms with van der Waals surface area (Å²) in [6.07, 6.45) is -5.92. The molecule has 3 nitrogen and oxygen atoms in total. The molecule has 2 aromatic carbocycles. The topological polar surface area (TPSA) is 21.7 Å². The fourth-order valence-electron chi connectivity index (χ4n) is 4.32. The van der Waals surface area contributed by atoms with Crippen LogP contribution in [-0.2, 0) is 28.4 Å². The Bertz CT molecular complexity index is 1150. The third-order valence-electron chi connectivity index (χ3n) is 6.16. The Kier molecular flexibility index (Phi) is 10.1. The van der Waals surface area contributed by atoms with Gasteiger partial charge in [0.05, 0.1) is 35.7 Å². The van der Waals surface area contributed by atoms with Gasteiger partial charge in [-0.3, -0.25) is 4.90 Å². The number of nitrogens with zero attached hydrogens (tertiary/aromatic N) is 1. The Morgan fingerprint density at radius 2 is 1.64 bits per heavy atom. The fourth-order valence-corrected chi connectivity index (χ4v) is 4.32. The second-order valence-corrected chi connectivity index (χ2v) is 9.18. The molecule has 0 aliphatic carbocycles. The standard InChI is InChI=1S/C29H30F7NO2/c1-4-8-22(12-11-19(2)30)26-27(38-14-13-37(26)18-21-9-6-5-7-10-21)39-20(3)23-15-24(28(31,32)33)17-25(16-23)29(34,35)36/h4-12,15-17,20,26-27H,13-14,18H2,1-3H3/b8-4-,19-11+,22-12+/t20-,26+,27?/m1/s1. The van der Waals surface area contributed by atoms with Crippen molar-refractivity contribution < 1.29 is 40.2 Å². The van der Waals surface area contributed by atoms with E-state index in [4.69, 9.17) is 9.47 Å². The number of allylic oxidation sites excluding steroid dienone is 4. The lowest BCUT2D eigenvalue weighted by molar-refractivity contribution is -0.220. The van der Waals surface area contributed by atoms with Crippen molar-refractivity contribution in [3.05, 3.63) is 106 Å². The summed E-state index contributed by atoms with van der Waals surface area (Å²) in [6, 6.07) is 10.2. The van der Waals surface area contributed by atoms with Crippen molar-refractivity contribution in [1.29, 1.82) is 0 Å². The Balaban J connectivity index is 2.02. The molecular weight excluding hydrogens is 527 g/mol. The molecule has 212 valence electrons. The quantitative estimate of drug-likeness (QED) is 0.240. The van der Waals surface area contributed by atoms with Gasteiger partial charge in [0.1, 0.15) is 0 Å². The predicted octanol–water partition coefficient (Wildman–Crippen LogP) is 8.40. The van der Waals surface area contributed by atoms with Gasteiger partial charge in [0.2, 0.25) is 0 Å². The first-order valence-corrected chi connectivity index (χ1v) is 12.3. The first-order valence-electron chi connectivity index (χ1n) is 12.3. The van der Waals surface area contributed by atoms with Gasteiger partial charge in [-0.2, -0.15) is 26.3 Å². The van der Waals surface area contributed by atoms with Crippen molar-refractivity contribution >= 4 is 0 Å². The van der Waals surface area contributed by atoms with E-state index in [1.165, 1.54) is 19.9 Å². The molecule has 0 amide bonds. The van der Waals surface area contributed by atoms with E-state index in [1.807, 2.05) is 35.2 Å². The molecule has 1 fully saturated rings. The van der Waals surface area contributed by atoms with E-state index in [9.17, 15) is 30.7 Å². The van der Waals surface area contributed by atoms with E-state index in [-0.39, 0.29) is 18.2 Å². The van der Waals surface area contributed by atoms with Crippen LogP contribution in [-0.4, -0.2) is 30.4 Å². The minimum Gasteiger partial charge on any atom is -0.349 e. The van der Waals surface area contributed by atoms with Crippen molar-refractivity contribution in [2.24, 2.45) is 0 Å². The van der Waals surface area contributed by atoms with Gasteiger partial charge in [0.15, 0.2) is 6.29 Å². The lowest BCUT2D eigenvalue weighted by Crippen LogP contribution is -2.52. The molecule has 1 aliphatic heterocycles. The summed E-state index contributed by atoms with van der Waals surface area (Å²) in [5.74, 6) is -0.446. The first kappa shape index (κ1) is 30.6. The maximum atomic E-state index is 13.6. The molecule has 0 N–H and O–H groups in total. The van der Waals surface area contributed by atoms with Gasteiger partial charge >= 0.3 is 12.4 Å². The first-order chi connectivity index (χ1) is 18.3. The number of hydrogen-bond acceptors (Lipinski definition) is 3. The number of rotatable bonds is 8. The second-order valence-electron chi connectivity index (χ2n) is 9.18. The van der Waals surface area contributed by atoms with E-state index >= 15 is 0 Å². The number of morpholine rings is 1. The average molecular weight is 558 g/mol. The van der Waals surface area contributed by atoms with Crippen LogP contribution in [0.15, 0.2) is 84.2 Å². The zero-order valence-corrected chi connectivity index (χ0v) is 21.7. The predicted molar refractivity (Wildman–Crippen MR) is 134 cm³/mol. The summed E-state index contributed by atoms with van der Waals surface area (Å²) in [7, 11) is 0. The van der Waals surface area contributed by atoms with Crippen LogP contribution in [0.2, 0.25) is 0 Å². The molecule has 3 atom stereocenters. The van der Waals surface area contributed by atoms with Crippen LogP contribution in [0.3, 0.4) is 0 Å². The van der Waals surface area contributed by atoms with Crippen LogP contribution >= 0.6 is 0 Å². The normalized spacial score (nSPS) is 21.0. The van der Waals surface area contributed by atoms with Crippen molar-refractivity contribution in [1.82, 2.24) is 4.90 Å². The van der Waals surface area contributed by atoms with Gasteiger partial charge in [-0.15, -0.1) is 0 Å². The van der Waals surface area contributed by atoms with Crippen LogP contribution in [0.25, 0.3) is 0 Å². The third-order valence-corrected chi connectivity index (χ3v) is 6.16. The zero-order valence-electron chi connectivity index (χ0n) is 21.7. The summed E-state index contributed by atoms with van der Waals surface area (Å²) in [4.78, 5) is 2.02. The minimum absolute atomic E-state index is 0.0796. The Labute approximate surface area is 223 Å². The van der Waals surface area contributed by atoms with Crippen LogP contribution < -0.4 is 0 Å². The summed E-state index contributed by atoms with van der Waals surface area (Å²) in [6.45, 7) is 5.55. The highest BCUT2D eigenvalue weighted by molar-refractivity contribution is 5.35. The van der Waals surface area contributed by atoms with E-state index < -0.39 is 47.7 Å². The third kappa shape index (κ3) is 8.52. The van der Waals surface area contributed by atoms with Crippen LogP contribution in [0.5, 0.6) is 0 Å². The number of alkyl halides is 6. The lowest BCUT2D eigenvalue weighted by Gasteiger charge is -2.42. The minimum atomic E-state index is -4.98. The lowest BCUT2D eigenvalue weighted by atomic mass is 9.99. The average Bonchev–Trinajstić information content (AvgIpc) is 2.86. The largest absolute Gasteiger partial charge is 0.416 e. The van der Waals surface area contributed by atoms with Crippen LogP contribution in [0.4, 0.5) is 30.7 Å². The van der Waals surface area contributed by atoms with Gasteiger partial charge in [-0.25, -0.2) is 4.39 Å². The van der Waals surface area contributed by atoms with Crippen molar-refractivity contribution in [2.45, 2.75) is 58.1 Å². The van der Waals surface area contributed by atoms with E-state index in [0.717, 1.165) is 5.56 Å². The number of halogens is 7. The maximum absolute atomic E-state index is 13.6. The second kappa shape index (κ2) is 12.9. The van der Waals surface area contributed by atoms with Crippen LogP contribution in [0, 0.1) is 0 Å². The zero-order chi connectivity index (χ0) is 28.8. The molecule has 1 unspecified atom stereocenters. The SMILES string of the molecule is C\C=C/C(=C\C=C(/C)F)[C@H]1C(O[C@H](C)c2cc(C(F)(F)F)cc(C(F)(F)F)c2)OCCN1Cc1ccccc1. The summed E-state index contributed by atoms with van der Waals surface area (Å²) < 4.78 is 106. The van der Waals surface area contributed by atoms with Gasteiger partial charge in [-0.1, -0.05) is 48.6 Å². The highest BCUT2D eigenvalue weighted by Crippen LogP contribution is 2.39. The fraction of sp³-hybridized carbons (Fsp3) is 0.379. The molecule has 39 heavy (non-hydrogen) atoms. The molecule has 0 spiro atoms. The molecule has 10 heteroatoms. The summed E-state index contributed by atoms with van der Waals surface area (Å²) >= 11 is 0. The Morgan fingerprint density at radius 3 is 2.18 bits per heavy atom. The van der Waals surface area contributed by atoms with Gasteiger partial charge < -0.3 is 9.47 Å². The highest BCUT2D eigenvalue weighted by Gasteiger charge is 2.39. The van der Waals surface area contributed by atoms with Crippen LogP contribution in [0.1, 0.15) is 49.1 Å². The van der Waals surface area contributed by atoms with Crippen molar-refractivity contribution in [2.75, 3.05) is 13.2 Å². The molecule has 0 saturated carbocycles. The van der Waals surface area contributed by atoms with Gasteiger partial charge in [-0.05, 0) is 61.7 Å². The number of ether oxygens (including phenoxy) is 2. The summed E-state index contributed by atoms with van der Waals surface area (Å²) in [5.41, 5.74) is -1.57. The van der Waals surface area contributed by atoms with E-state index in [1.54, 1.807) is 25.2 Å². The van der Waals surface area contributed by atoms with Gasteiger partial charge in [0.25, 0.3) is 0 Å². The number of hydrogen-bond donors (Lipinski definition) is 0. The molecule has 0 radical (unpaired) electrons. The Morgan fingerprint density at radius 1 is 1.03 bits per heavy atom. The highest BCUT2D eigenvalue weighted by atomic mass is 19.4. The molecule has 0 bridgehead atoms. The van der Waals surface area contributed by atoms with Gasteiger partial charge in [0, 0.05) is 13.1 Å². The molecule has 1 saturated heterocycles. The monoisotopic (exact) mass is 557 g/mol. The smallest absolute Gasteiger partial charge is 0.349 e. The molecule has 2 aromatic rings. The molecule has 1 aliphatic rings.